The van der Waals surface area contributed by atoms with Gasteiger partial charge in [-0.1, -0.05) is 38.8 Å². The lowest BCUT2D eigenvalue weighted by Crippen LogP contribution is -2.26. The summed E-state index contributed by atoms with van der Waals surface area (Å²) < 4.78 is 15.7. The van der Waals surface area contributed by atoms with Crippen LogP contribution in [0.4, 0.5) is 4.39 Å². The molecule has 2 aliphatic rings. The maximum absolute atomic E-state index is 15.7. The molecule has 3 heteroatoms. The van der Waals surface area contributed by atoms with Gasteiger partial charge in [-0.25, -0.2) is 4.39 Å². The van der Waals surface area contributed by atoms with Crippen LogP contribution in [0.1, 0.15) is 31.9 Å². The number of halogens is 1. The van der Waals surface area contributed by atoms with E-state index in [0.717, 1.165) is 30.9 Å². The average molecular weight is 336 g/mol. The lowest BCUT2D eigenvalue weighted by molar-refractivity contribution is 0.181. The molecule has 1 aliphatic carbocycles. The Balaban J connectivity index is 2.09. The summed E-state index contributed by atoms with van der Waals surface area (Å²) in [7, 11) is 0. The second-order valence-corrected chi connectivity index (χ2v) is 7.05. The molecule has 1 atom stereocenters. The van der Waals surface area contributed by atoms with Crippen LogP contribution >= 0.6 is 0 Å². The van der Waals surface area contributed by atoms with E-state index in [2.05, 4.69) is 37.0 Å². The van der Waals surface area contributed by atoms with E-state index in [9.17, 15) is 0 Å². The van der Waals surface area contributed by atoms with E-state index in [1.54, 1.807) is 18.3 Å². The maximum Gasteiger partial charge on any atom is 0.119 e. The van der Waals surface area contributed by atoms with Crippen LogP contribution in [0.2, 0.25) is 0 Å². The highest BCUT2D eigenvalue weighted by Crippen LogP contribution is 2.44. The Hall–Kier alpha value is -2.42. The largest absolute Gasteiger partial charge is 0.358 e. The molecule has 0 bridgehead atoms. The van der Waals surface area contributed by atoms with Gasteiger partial charge in [0.05, 0.1) is 11.6 Å². The molecule has 1 aliphatic heterocycles. The van der Waals surface area contributed by atoms with Gasteiger partial charge in [-0.3, -0.25) is 4.98 Å². The number of allylic oxidation sites excluding steroid dienone is 5. The molecule has 0 spiro atoms. The van der Waals surface area contributed by atoms with E-state index in [1.165, 1.54) is 0 Å². The van der Waals surface area contributed by atoms with Gasteiger partial charge in [0.2, 0.25) is 0 Å². The third-order valence-corrected chi connectivity index (χ3v) is 5.19. The van der Waals surface area contributed by atoms with Crippen LogP contribution in [0.3, 0.4) is 0 Å². The Morgan fingerprint density at radius 1 is 1.28 bits per heavy atom. The quantitative estimate of drug-likeness (QED) is 0.761. The molecule has 2 nitrogen and oxygen atoms in total. The van der Waals surface area contributed by atoms with Gasteiger partial charge in [0.1, 0.15) is 5.83 Å². The molecule has 3 rings (SSSR count). The normalized spacial score (nSPS) is 26.6. The second-order valence-electron chi connectivity index (χ2n) is 7.05. The van der Waals surface area contributed by atoms with Crippen LogP contribution in [0.25, 0.3) is 5.57 Å². The molecule has 1 aromatic rings. The van der Waals surface area contributed by atoms with Crippen molar-refractivity contribution >= 4 is 5.57 Å². The van der Waals surface area contributed by atoms with E-state index in [4.69, 9.17) is 0 Å². The lowest BCUT2D eigenvalue weighted by Gasteiger charge is -2.35. The molecule has 1 aromatic heterocycles. The summed E-state index contributed by atoms with van der Waals surface area (Å²) in [6.45, 7) is 14.1. The number of hydrogen-bond donors (Lipinski definition) is 1. The van der Waals surface area contributed by atoms with Crippen molar-refractivity contribution in [2.24, 2.45) is 17.8 Å². The fourth-order valence-electron chi connectivity index (χ4n) is 3.90. The predicted molar refractivity (Wildman–Crippen MR) is 102 cm³/mol. The van der Waals surface area contributed by atoms with Gasteiger partial charge in [0.15, 0.2) is 0 Å². The second kappa shape index (κ2) is 7.22. The molecule has 1 N–H and O–H groups in total. The minimum absolute atomic E-state index is 0.178. The summed E-state index contributed by atoms with van der Waals surface area (Å²) >= 11 is 0. The van der Waals surface area contributed by atoms with Gasteiger partial charge in [0, 0.05) is 28.7 Å². The Kier molecular flexibility index (Phi) is 5.03. The summed E-state index contributed by atoms with van der Waals surface area (Å²) in [6, 6.07) is 5.52. The number of hydrogen-bond acceptors (Lipinski definition) is 2. The van der Waals surface area contributed by atoms with Crippen molar-refractivity contribution in [3.63, 3.8) is 0 Å². The summed E-state index contributed by atoms with van der Waals surface area (Å²) in [5.74, 6) is 0.751. The Bertz CT molecular complexity index is 751. The zero-order chi connectivity index (χ0) is 18.0. The Morgan fingerprint density at radius 3 is 2.60 bits per heavy atom. The molecule has 0 radical (unpaired) electrons. The molecule has 0 amide bonds. The van der Waals surface area contributed by atoms with Crippen molar-refractivity contribution in [3.8, 4) is 0 Å². The molecular formula is C22H25FN2. The molecule has 0 saturated heterocycles. The monoisotopic (exact) mass is 336 g/mol. The minimum atomic E-state index is -0.359. The topological polar surface area (TPSA) is 24.9 Å². The first-order chi connectivity index (χ1) is 12.0. The number of nitrogens with one attached hydrogen (secondary N) is 1. The van der Waals surface area contributed by atoms with Gasteiger partial charge in [-0.2, -0.15) is 0 Å². The standard InChI is InChI=1S/C22H25FN2/c1-5-17-19(6-2)25-15(4)18(13-16-11-14(3)12-16)22(23)21(17)20-9-7-8-10-24-20/h5-10,14,16,18,25H,1-2,4,11-13H2,3H3. The number of nitrogens with zero attached hydrogens (tertiary/aromatic N) is 1. The van der Waals surface area contributed by atoms with Crippen molar-refractivity contribution in [3.05, 3.63) is 84.8 Å². The van der Waals surface area contributed by atoms with Crippen molar-refractivity contribution in [1.29, 1.82) is 0 Å². The van der Waals surface area contributed by atoms with Crippen LogP contribution < -0.4 is 5.32 Å². The minimum Gasteiger partial charge on any atom is -0.358 e. The first kappa shape index (κ1) is 17.4. The van der Waals surface area contributed by atoms with Gasteiger partial charge < -0.3 is 5.32 Å². The van der Waals surface area contributed by atoms with Gasteiger partial charge in [-0.15, -0.1) is 0 Å². The van der Waals surface area contributed by atoms with Crippen LogP contribution in [0.15, 0.2) is 79.1 Å². The van der Waals surface area contributed by atoms with Crippen molar-refractivity contribution < 1.29 is 4.39 Å². The van der Waals surface area contributed by atoms with Crippen molar-refractivity contribution in [2.75, 3.05) is 0 Å². The first-order valence-electron chi connectivity index (χ1n) is 8.81. The van der Waals surface area contributed by atoms with Crippen LogP contribution in [0, 0.1) is 17.8 Å². The molecule has 0 aromatic carbocycles. The molecule has 1 saturated carbocycles. The summed E-state index contributed by atoms with van der Waals surface area (Å²) in [5.41, 5.74) is 3.18. The van der Waals surface area contributed by atoms with E-state index < -0.39 is 0 Å². The van der Waals surface area contributed by atoms with E-state index in [0.29, 0.717) is 28.5 Å². The number of aromatic nitrogens is 1. The molecule has 1 unspecified atom stereocenters. The molecule has 25 heavy (non-hydrogen) atoms. The van der Waals surface area contributed by atoms with Crippen molar-refractivity contribution in [1.82, 2.24) is 10.3 Å². The number of pyridine rings is 1. The zero-order valence-electron chi connectivity index (χ0n) is 14.8. The molecule has 2 heterocycles. The Labute approximate surface area is 149 Å². The fraction of sp³-hybridized carbons (Fsp3) is 0.318. The van der Waals surface area contributed by atoms with Crippen LogP contribution in [-0.2, 0) is 0 Å². The van der Waals surface area contributed by atoms with Gasteiger partial charge >= 0.3 is 0 Å². The molecule has 1 fully saturated rings. The van der Waals surface area contributed by atoms with Crippen LogP contribution in [-0.4, -0.2) is 4.98 Å². The molecular weight excluding hydrogens is 311 g/mol. The first-order valence-corrected chi connectivity index (χ1v) is 8.81. The third kappa shape index (κ3) is 3.37. The summed E-state index contributed by atoms with van der Waals surface area (Å²) in [6.07, 6.45) is 8.12. The SMILES string of the molecule is C=CC1=C(C=C)C(c2ccccn2)=C(F)C(CC2CC(C)C2)C(=C)N1. The maximum atomic E-state index is 15.7. The fourth-order valence-corrected chi connectivity index (χ4v) is 3.90. The molecule has 130 valence electrons. The summed E-state index contributed by atoms with van der Waals surface area (Å²) in [4.78, 5) is 4.37. The third-order valence-electron chi connectivity index (χ3n) is 5.19. The summed E-state index contributed by atoms with van der Waals surface area (Å²) in [5, 5.41) is 3.26. The van der Waals surface area contributed by atoms with Crippen LogP contribution in [0.5, 0.6) is 0 Å². The van der Waals surface area contributed by atoms with E-state index in [-0.39, 0.29) is 11.7 Å². The van der Waals surface area contributed by atoms with Gasteiger partial charge in [-0.05, 0) is 49.3 Å². The zero-order valence-corrected chi connectivity index (χ0v) is 14.8. The van der Waals surface area contributed by atoms with Gasteiger partial charge in [0.25, 0.3) is 0 Å². The average Bonchev–Trinajstić information content (AvgIpc) is 2.69. The number of rotatable bonds is 5. The smallest absolute Gasteiger partial charge is 0.119 e. The van der Waals surface area contributed by atoms with E-state index in [1.807, 2.05) is 18.2 Å². The highest BCUT2D eigenvalue weighted by Gasteiger charge is 2.34. The predicted octanol–water partition coefficient (Wildman–Crippen LogP) is 5.56. The van der Waals surface area contributed by atoms with E-state index >= 15 is 4.39 Å². The highest BCUT2D eigenvalue weighted by molar-refractivity contribution is 5.84. The van der Waals surface area contributed by atoms with Crippen molar-refractivity contribution in [2.45, 2.75) is 26.2 Å². The highest BCUT2D eigenvalue weighted by atomic mass is 19.1. The Morgan fingerprint density at radius 2 is 2.04 bits per heavy atom. The lowest BCUT2D eigenvalue weighted by atomic mass is 9.71.